The van der Waals surface area contributed by atoms with Gasteiger partial charge in [0.1, 0.15) is 5.65 Å². The highest BCUT2D eigenvalue weighted by Gasteiger charge is 2.35. The molecule has 138 valence electrons. The number of carbonyl (C=O) groups is 1. The molecule has 1 aliphatic carbocycles. The Kier molecular flexibility index (Phi) is 3.66. The predicted octanol–water partition coefficient (Wildman–Crippen LogP) is 1.85. The lowest BCUT2D eigenvalue weighted by Crippen LogP contribution is -2.38. The maximum Gasteiger partial charge on any atom is 0.332 e. The van der Waals surface area contributed by atoms with E-state index >= 15 is 0 Å². The minimum Gasteiger partial charge on any atom is -0.294 e. The zero-order valence-corrected chi connectivity index (χ0v) is 15.7. The zero-order valence-electron chi connectivity index (χ0n) is 15.7. The highest BCUT2D eigenvalue weighted by atomic mass is 16.2. The maximum atomic E-state index is 13.1. The van der Waals surface area contributed by atoms with E-state index in [0.717, 1.165) is 10.1 Å². The van der Waals surface area contributed by atoms with Crippen LogP contribution in [0.3, 0.4) is 0 Å². The highest BCUT2D eigenvalue weighted by Crippen LogP contribution is 2.40. The number of aryl methyl sites for hydroxylation is 1. The van der Waals surface area contributed by atoms with Crippen LogP contribution >= 0.6 is 0 Å². The van der Waals surface area contributed by atoms with E-state index in [4.69, 9.17) is 0 Å². The van der Waals surface area contributed by atoms with Crippen LogP contribution in [0.25, 0.3) is 22.2 Å². The molecule has 0 radical (unpaired) electrons. The predicted molar refractivity (Wildman–Crippen MR) is 102 cm³/mol. The molecule has 0 amide bonds. The standard InChI is InChI=1S/C20H20N4O3/c1-20(2)9-12-15(13(25)10-20)14(11-5-7-21-8-6-11)16-17(22-12)23(3)19(27)24(4)18(16)26/h5-8H,9-10H2,1-4H3. The fourth-order valence-corrected chi connectivity index (χ4v) is 3.91. The average Bonchev–Trinajstić information content (AvgIpc) is 2.62. The molecular weight excluding hydrogens is 344 g/mol. The molecule has 1 aliphatic rings. The van der Waals surface area contributed by atoms with Crippen molar-refractivity contribution in [3.05, 3.63) is 56.6 Å². The molecule has 3 aromatic heterocycles. The molecule has 3 aromatic rings. The smallest absolute Gasteiger partial charge is 0.294 e. The maximum absolute atomic E-state index is 13.1. The van der Waals surface area contributed by atoms with Crippen LogP contribution in [-0.4, -0.2) is 24.9 Å². The summed E-state index contributed by atoms with van der Waals surface area (Å²) in [6, 6.07) is 3.54. The number of fused-ring (bicyclic) bond motifs is 2. The van der Waals surface area contributed by atoms with Gasteiger partial charge in [-0.25, -0.2) is 9.78 Å². The lowest BCUT2D eigenvalue weighted by molar-refractivity contribution is 0.0911. The first kappa shape index (κ1) is 17.3. The van der Waals surface area contributed by atoms with Crippen molar-refractivity contribution < 1.29 is 4.79 Å². The molecular formula is C20H20N4O3. The molecule has 0 bridgehead atoms. The van der Waals surface area contributed by atoms with Gasteiger partial charge in [0.15, 0.2) is 5.78 Å². The molecule has 0 fully saturated rings. The van der Waals surface area contributed by atoms with Crippen molar-refractivity contribution in [3.63, 3.8) is 0 Å². The van der Waals surface area contributed by atoms with Gasteiger partial charge in [-0.1, -0.05) is 13.8 Å². The second-order valence-electron chi connectivity index (χ2n) is 7.89. The summed E-state index contributed by atoms with van der Waals surface area (Å²) in [6.45, 7) is 4.05. The summed E-state index contributed by atoms with van der Waals surface area (Å²) in [4.78, 5) is 47.1. The number of ketones is 1. The molecule has 0 saturated carbocycles. The molecule has 0 spiro atoms. The molecule has 0 saturated heterocycles. The Morgan fingerprint density at radius 1 is 0.963 bits per heavy atom. The molecule has 0 N–H and O–H groups in total. The molecule has 0 atom stereocenters. The minimum atomic E-state index is -0.451. The largest absolute Gasteiger partial charge is 0.332 e. The number of nitrogens with zero attached hydrogens (tertiary/aromatic N) is 4. The molecule has 7 heteroatoms. The van der Waals surface area contributed by atoms with Gasteiger partial charge in [0, 0.05) is 44.0 Å². The monoisotopic (exact) mass is 364 g/mol. The Hall–Kier alpha value is -3.09. The van der Waals surface area contributed by atoms with Gasteiger partial charge in [0.05, 0.1) is 11.1 Å². The Balaban J connectivity index is 2.28. The van der Waals surface area contributed by atoms with E-state index in [9.17, 15) is 14.4 Å². The van der Waals surface area contributed by atoms with Gasteiger partial charge in [0.2, 0.25) is 0 Å². The lowest BCUT2D eigenvalue weighted by Gasteiger charge is -2.31. The Labute approximate surface area is 155 Å². The fraction of sp³-hybridized carbons (Fsp3) is 0.350. The van der Waals surface area contributed by atoms with Crippen LogP contribution in [0.4, 0.5) is 0 Å². The van der Waals surface area contributed by atoms with E-state index in [1.54, 1.807) is 31.6 Å². The Bertz CT molecular complexity index is 1220. The molecule has 0 unspecified atom stereocenters. The minimum absolute atomic E-state index is 0.0293. The van der Waals surface area contributed by atoms with E-state index in [1.165, 1.54) is 11.6 Å². The van der Waals surface area contributed by atoms with Crippen molar-refractivity contribution in [2.75, 3.05) is 0 Å². The summed E-state index contributed by atoms with van der Waals surface area (Å²) in [7, 11) is 3.03. The average molecular weight is 364 g/mol. The third-order valence-corrected chi connectivity index (χ3v) is 5.20. The number of rotatable bonds is 1. The van der Waals surface area contributed by atoms with E-state index < -0.39 is 11.2 Å². The summed E-state index contributed by atoms with van der Waals surface area (Å²) in [5.74, 6) is -0.0293. The first-order valence-electron chi connectivity index (χ1n) is 8.77. The summed E-state index contributed by atoms with van der Waals surface area (Å²) in [6.07, 6.45) is 4.23. The van der Waals surface area contributed by atoms with E-state index in [-0.39, 0.29) is 16.6 Å². The summed E-state index contributed by atoms with van der Waals surface area (Å²) < 4.78 is 2.42. The quantitative estimate of drug-likeness (QED) is 0.658. The molecule has 3 heterocycles. The number of aromatic nitrogens is 4. The van der Waals surface area contributed by atoms with Crippen LogP contribution in [0.5, 0.6) is 0 Å². The summed E-state index contributed by atoms with van der Waals surface area (Å²) in [5.41, 5.74) is 1.59. The van der Waals surface area contributed by atoms with E-state index in [0.29, 0.717) is 35.3 Å². The number of hydrogen-bond acceptors (Lipinski definition) is 5. The first-order valence-corrected chi connectivity index (χ1v) is 8.77. The number of Topliss-reactive ketones (excluding diaryl/α,β-unsaturated/α-hetero) is 1. The van der Waals surface area contributed by atoms with Crippen molar-refractivity contribution in [2.45, 2.75) is 26.7 Å². The van der Waals surface area contributed by atoms with Crippen molar-refractivity contribution in [1.82, 2.24) is 19.1 Å². The normalized spacial score (nSPS) is 15.8. The number of pyridine rings is 2. The van der Waals surface area contributed by atoms with Crippen LogP contribution in [-0.2, 0) is 20.5 Å². The van der Waals surface area contributed by atoms with Crippen molar-refractivity contribution in [2.24, 2.45) is 19.5 Å². The van der Waals surface area contributed by atoms with Crippen molar-refractivity contribution >= 4 is 16.8 Å². The zero-order chi connectivity index (χ0) is 19.5. The van der Waals surface area contributed by atoms with E-state index in [1.807, 2.05) is 13.8 Å². The van der Waals surface area contributed by atoms with Gasteiger partial charge in [-0.05, 0) is 29.5 Å². The summed E-state index contributed by atoms with van der Waals surface area (Å²) in [5, 5.41) is 0.289. The summed E-state index contributed by atoms with van der Waals surface area (Å²) >= 11 is 0. The van der Waals surface area contributed by atoms with Gasteiger partial charge >= 0.3 is 5.69 Å². The van der Waals surface area contributed by atoms with Crippen LogP contribution in [0.15, 0.2) is 34.1 Å². The van der Waals surface area contributed by atoms with E-state index in [2.05, 4.69) is 9.97 Å². The van der Waals surface area contributed by atoms with Gasteiger partial charge in [0.25, 0.3) is 5.56 Å². The molecule has 0 aromatic carbocycles. The van der Waals surface area contributed by atoms with Gasteiger partial charge in [-0.15, -0.1) is 0 Å². The topological polar surface area (TPSA) is 86.8 Å². The molecule has 4 rings (SSSR count). The van der Waals surface area contributed by atoms with Crippen LogP contribution in [0.2, 0.25) is 0 Å². The number of carbonyl (C=O) groups excluding carboxylic acids is 1. The SMILES string of the molecule is Cn1c(=O)c2c(-c3ccncc3)c3c(nc2n(C)c1=O)CC(C)(C)CC3=O. The second kappa shape index (κ2) is 5.70. The molecule has 0 aliphatic heterocycles. The van der Waals surface area contributed by atoms with Crippen molar-refractivity contribution in [1.29, 1.82) is 0 Å². The van der Waals surface area contributed by atoms with Gasteiger partial charge < -0.3 is 0 Å². The molecule has 7 nitrogen and oxygen atoms in total. The third kappa shape index (κ3) is 2.53. The highest BCUT2D eigenvalue weighted by molar-refractivity contribution is 6.10. The van der Waals surface area contributed by atoms with Gasteiger partial charge in [-0.3, -0.25) is 23.7 Å². The lowest BCUT2D eigenvalue weighted by atomic mass is 9.73. The van der Waals surface area contributed by atoms with Crippen molar-refractivity contribution in [3.8, 4) is 11.1 Å². The van der Waals surface area contributed by atoms with Crippen LogP contribution in [0, 0.1) is 5.41 Å². The first-order chi connectivity index (χ1) is 12.7. The van der Waals surface area contributed by atoms with Crippen LogP contribution in [0.1, 0.15) is 36.3 Å². The second-order valence-corrected chi connectivity index (χ2v) is 7.89. The third-order valence-electron chi connectivity index (χ3n) is 5.20. The van der Waals surface area contributed by atoms with Gasteiger partial charge in [-0.2, -0.15) is 0 Å². The fourth-order valence-electron chi connectivity index (χ4n) is 3.91. The number of hydrogen-bond donors (Lipinski definition) is 0. The molecule has 27 heavy (non-hydrogen) atoms. The Morgan fingerprint density at radius 2 is 1.63 bits per heavy atom. The Morgan fingerprint density at radius 3 is 2.30 bits per heavy atom. The van der Waals surface area contributed by atoms with Crippen LogP contribution < -0.4 is 11.2 Å².